The highest BCUT2D eigenvalue weighted by atomic mass is 35.5. The van der Waals surface area contributed by atoms with Gasteiger partial charge >= 0.3 is 0 Å². The van der Waals surface area contributed by atoms with Crippen LogP contribution in [-0.4, -0.2) is 60.1 Å². The highest BCUT2D eigenvalue weighted by Gasteiger charge is 2.34. The van der Waals surface area contributed by atoms with Crippen molar-refractivity contribution in [3.63, 3.8) is 0 Å². The molecular weight excluding hydrogens is 374 g/mol. The van der Waals surface area contributed by atoms with Gasteiger partial charge in [-0.05, 0) is 19.1 Å². The fourth-order valence-electron chi connectivity index (χ4n) is 2.83. The molecule has 1 aromatic carbocycles. The molecule has 2 aromatic rings. The lowest BCUT2D eigenvalue weighted by atomic mass is 10.1. The van der Waals surface area contributed by atoms with Gasteiger partial charge in [-0.3, -0.25) is 9.59 Å². The lowest BCUT2D eigenvalue weighted by molar-refractivity contribution is -0.137. The van der Waals surface area contributed by atoms with Crippen LogP contribution in [0, 0.1) is 0 Å². The fourth-order valence-corrected chi connectivity index (χ4v) is 2.99. The van der Waals surface area contributed by atoms with E-state index in [1.807, 2.05) is 0 Å². The first-order chi connectivity index (χ1) is 12.9. The second kappa shape index (κ2) is 7.87. The van der Waals surface area contributed by atoms with Crippen LogP contribution in [0.3, 0.4) is 0 Å². The molecule has 1 atom stereocenters. The zero-order valence-electron chi connectivity index (χ0n) is 15.3. The van der Waals surface area contributed by atoms with Gasteiger partial charge in [0, 0.05) is 37.3 Å². The maximum atomic E-state index is 12.6. The normalized spacial score (nSPS) is 17.2. The third-order valence-corrected chi connectivity index (χ3v) is 4.65. The molecule has 0 saturated carbocycles. The first kappa shape index (κ1) is 19.0. The topological polar surface area (TPSA) is 85.1 Å². The van der Waals surface area contributed by atoms with E-state index in [0.717, 1.165) is 0 Å². The largest absolute Gasteiger partial charge is 0.493 e. The Kier molecular flexibility index (Phi) is 5.55. The summed E-state index contributed by atoms with van der Waals surface area (Å²) in [6.07, 6.45) is 0. The van der Waals surface area contributed by atoms with Crippen molar-refractivity contribution >= 4 is 23.4 Å². The summed E-state index contributed by atoms with van der Waals surface area (Å²) in [4.78, 5) is 27.8. The van der Waals surface area contributed by atoms with Crippen molar-refractivity contribution in [1.29, 1.82) is 0 Å². The lowest BCUT2D eigenvalue weighted by Crippen LogP contribution is -2.56. The Bertz CT molecular complexity index is 853. The first-order valence-electron chi connectivity index (χ1n) is 8.38. The Morgan fingerprint density at radius 3 is 2.85 bits per heavy atom. The van der Waals surface area contributed by atoms with Gasteiger partial charge in [-0.25, -0.2) is 0 Å². The number of piperazine rings is 1. The molecule has 1 fully saturated rings. The van der Waals surface area contributed by atoms with Gasteiger partial charge < -0.3 is 23.8 Å². The van der Waals surface area contributed by atoms with Crippen molar-refractivity contribution in [2.45, 2.75) is 19.6 Å². The number of carbonyl (C=O) groups is 2. The number of halogens is 1. The van der Waals surface area contributed by atoms with Gasteiger partial charge in [0.15, 0.2) is 23.0 Å². The molecule has 8 nitrogen and oxygen atoms in total. The van der Waals surface area contributed by atoms with Gasteiger partial charge in [0.2, 0.25) is 5.91 Å². The summed E-state index contributed by atoms with van der Waals surface area (Å²) in [5.74, 6) is 0.913. The van der Waals surface area contributed by atoms with Crippen LogP contribution < -0.4 is 9.47 Å². The van der Waals surface area contributed by atoms with Gasteiger partial charge in [-0.15, -0.1) is 0 Å². The van der Waals surface area contributed by atoms with Crippen molar-refractivity contribution < 1.29 is 23.6 Å². The summed E-state index contributed by atoms with van der Waals surface area (Å²) in [7, 11) is 3.24. The van der Waals surface area contributed by atoms with E-state index in [1.54, 1.807) is 37.1 Å². The van der Waals surface area contributed by atoms with Gasteiger partial charge in [0.1, 0.15) is 12.6 Å². The molecule has 0 unspecified atom stereocenters. The second-order valence-electron chi connectivity index (χ2n) is 6.20. The van der Waals surface area contributed by atoms with Crippen LogP contribution in [-0.2, 0) is 11.4 Å². The molecule has 0 bridgehead atoms. The summed E-state index contributed by atoms with van der Waals surface area (Å²) in [6.45, 7) is 2.70. The van der Waals surface area contributed by atoms with Crippen LogP contribution in [0.15, 0.2) is 28.8 Å². The Hall–Kier alpha value is -2.74. The number of nitrogens with zero attached hydrogens (tertiary/aromatic N) is 3. The van der Waals surface area contributed by atoms with Crippen LogP contribution >= 0.6 is 11.6 Å². The summed E-state index contributed by atoms with van der Waals surface area (Å²) < 4.78 is 16.1. The first-order valence-corrected chi connectivity index (χ1v) is 8.76. The van der Waals surface area contributed by atoms with Gasteiger partial charge in [0.25, 0.3) is 5.91 Å². The standard InChI is InChI=1S/C18H20ClN3O5/c1-11-17(23)21(2)6-7-22(11)18(24)14-9-13(27-20-14)10-26-15-5-4-12(19)8-16(15)25-3/h4-5,8-9,11H,6-7,10H2,1-3H3/t11-/m0/s1. The molecule has 0 radical (unpaired) electrons. The van der Waals surface area contributed by atoms with Gasteiger partial charge in [-0.2, -0.15) is 0 Å². The average molecular weight is 394 g/mol. The Morgan fingerprint density at radius 2 is 2.11 bits per heavy atom. The summed E-state index contributed by atoms with van der Waals surface area (Å²) in [5, 5.41) is 4.35. The number of hydrogen-bond acceptors (Lipinski definition) is 6. The van der Waals surface area contributed by atoms with Crippen molar-refractivity contribution in [3.05, 3.63) is 40.7 Å². The van der Waals surface area contributed by atoms with E-state index < -0.39 is 6.04 Å². The number of methoxy groups -OCH3 is 1. The van der Waals surface area contributed by atoms with E-state index in [4.69, 9.17) is 25.6 Å². The molecule has 1 aliphatic heterocycles. The summed E-state index contributed by atoms with van der Waals surface area (Å²) in [6, 6.07) is 5.98. The third-order valence-electron chi connectivity index (χ3n) is 4.41. The zero-order valence-corrected chi connectivity index (χ0v) is 16.0. The molecule has 9 heteroatoms. The SMILES string of the molecule is COc1cc(Cl)ccc1OCc1cc(C(=O)N2CCN(C)C(=O)[C@@H]2C)no1. The number of carbonyl (C=O) groups excluding carboxylic acids is 2. The molecule has 27 heavy (non-hydrogen) atoms. The number of aromatic nitrogens is 1. The molecule has 144 valence electrons. The number of hydrogen-bond donors (Lipinski definition) is 0. The lowest BCUT2D eigenvalue weighted by Gasteiger charge is -2.36. The van der Waals surface area contributed by atoms with E-state index in [1.165, 1.54) is 18.1 Å². The molecular formula is C18H20ClN3O5. The van der Waals surface area contributed by atoms with E-state index in [0.29, 0.717) is 35.4 Å². The Labute approximate surface area is 161 Å². The summed E-state index contributed by atoms with van der Waals surface area (Å²) in [5.41, 5.74) is 0.140. The van der Waals surface area contributed by atoms with Crippen molar-refractivity contribution in [2.24, 2.45) is 0 Å². The molecule has 0 N–H and O–H groups in total. The Morgan fingerprint density at radius 1 is 1.33 bits per heavy atom. The van der Waals surface area contributed by atoms with Crippen LogP contribution in [0.25, 0.3) is 0 Å². The van der Waals surface area contributed by atoms with Gasteiger partial charge in [-0.1, -0.05) is 16.8 Å². The van der Waals surface area contributed by atoms with Crippen LogP contribution in [0.5, 0.6) is 11.5 Å². The molecule has 1 aromatic heterocycles. The number of rotatable bonds is 5. The van der Waals surface area contributed by atoms with Crippen LogP contribution in [0.1, 0.15) is 23.2 Å². The predicted molar refractivity (Wildman–Crippen MR) is 97.0 cm³/mol. The van der Waals surface area contributed by atoms with Gasteiger partial charge in [0.05, 0.1) is 7.11 Å². The molecule has 0 aliphatic carbocycles. The third kappa shape index (κ3) is 4.00. The van der Waals surface area contributed by atoms with E-state index in [9.17, 15) is 9.59 Å². The number of likely N-dealkylation sites (N-methyl/N-ethyl adjacent to an activating group) is 1. The monoisotopic (exact) mass is 393 g/mol. The van der Waals surface area contributed by atoms with E-state index in [-0.39, 0.29) is 24.1 Å². The minimum atomic E-state index is -0.536. The van der Waals surface area contributed by atoms with E-state index >= 15 is 0 Å². The van der Waals surface area contributed by atoms with Crippen molar-refractivity contribution in [1.82, 2.24) is 15.0 Å². The maximum Gasteiger partial charge on any atom is 0.276 e. The maximum absolute atomic E-state index is 12.6. The van der Waals surface area contributed by atoms with Crippen molar-refractivity contribution in [2.75, 3.05) is 27.2 Å². The summed E-state index contributed by atoms with van der Waals surface area (Å²) >= 11 is 5.92. The second-order valence-corrected chi connectivity index (χ2v) is 6.63. The quantitative estimate of drug-likeness (QED) is 0.774. The number of amides is 2. The Balaban J connectivity index is 1.66. The minimum absolute atomic E-state index is 0.0650. The number of ether oxygens (including phenoxy) is 2. The minimum Gasteiger partial charge on any atom is -0.493 e. The molecule has 1 aliphatic rings. The van der Waals surface area contributed by atoms with Crippen LogP contribution in [0.2, 0.25) is 5.02 Å². The molecule has 0 spiro atoms. The highest BCUT2D eigenvalue weighted by Crippen LogP contribution is 2.30. The molecule has 1 saturated heterocycles. The zero-order chi connectivity index (χ0) is 19.6. The molecule has 3 rings (SSSR count). The van der Waals surface area contributed by atoms with Crippen molar-refractivity contribution in [3.8, 4) is 11.5 Å². The smallest absolute Gasteiger partial charge is 0.276 e. The predicted octanol–water partition coefficient (Wildman–Crippen LogP) is 2.22. The molecule has 2 heterocycles. The fraction of sp³-hybridized carbons (Fsp3) is 0.389. The number of benzene rings is 1. The average Bonchev–Trinajstić information content (AvgIpc) is 3.13. The van der Waals surface area contributed by atoms with E-state index in [2.05, 4.69) is 5.16 Å². The highest BCUT2D eigenvalue weighted by molar-refractivity contribution is 6.30. The van der Waals surface area contributed by atoms with Crippen LogP contribution in [0.4, 0.5) is 0 Å². The molecule has 2 amide bonds.